The highest BCUT2D eigenvalue weighted by Crippen LogP contribution is 2.29. The molecule has 0 saturated carbocycles. The Bertz CT molecular complexity index is 851. The Hall–Kier alpha value is -3.06. The van der Waals surface area contributed by atoms with E-state index in [-0.39, 0.29) is 0 Å². The lowest BCUT2D eigenvalue weighted by molar-refractivity contribution is 0.0706. The van der Waals surface area contributed by atoms with Gasteiger partial charge in [-0.25, -0.2) is 10.5 Å². The minimum Gasteiger partial charge on any atom is -0.497 e. The number of rotatable bonds is 4. The van der Waals surface area contributed by atoms with Crippen LogP contribution in [0.2, 0.25) is 0 Å². The lowest BCUT2D eigenvalue weighted by Crippen LogP contribution is -2.18. The molecule has 1 amide bonds. The standard InChI is InChI=1S/C16H15N3O4/c1-22-11-5-10(6-12(8-11)23-2)15-17-13-4-3-9(16(20)19-21)7-14(13)18-15/h3-8,21H,1-2H3,(H,17,18)(H,19,20). The van der Waals surface area contributed by atoms with E-state index in [1.165, 1.54) is 0 Å². The van der Waals surface area contributed by atoms with Crippen LogP contribution in [0.4, 0.5) is 0 Å². The molecule has 118 valence electrons. The molecular weight excluding hydrogens is 298 g/mol. The summed E-state index contributed by atoms with van der Waals surface area (Å²) < 4.78 is 10.5. The van der Waals surface area contributed by atoms with E-state index in [9.17, 15) is 4.79 Å². The van der Waals surface area contributed by atoms with Crippen molar-refractivity contribution in [3.63, 3.8) is 0 Å². The smallest absolute Gasteiger partial charge is 0.274 e. The zero-order chi connectivity index (χ0) is 16.4. The van der Waals surface area contributed by atoms with Crippen LogP contribution in [0.3, 0.4) is 0 Å². The van der Waals surface area contributed by atoms with E-state index in [4.69, 9.17) is 14.7 Å². The van der Waals surface area contributed by atoms with Gasteiger partial charge in [-0.2, -0.15) is 0 Å². The predicted molar refractivity (Wildman–Crippen MR) is 83.9 cm³/mol. The maximum Gasteiger partial charge on any atom is 0.274 e. The number of carbonyl (C=O) groups is 1. The Kier molecular flexibility index (Phi) is 3.86. The van der Waals surface area contributed by atoms with E-state index in [0.29, 0.717) is 33.9 Å². The van der Waals surface area contributed by atoms with Gasteiger partial charge in [-0.05, 0) is 30.3 Å². The molecule has 23 heavy (non-hydrogen) atoms. The van der Waals surface area contributed by atoms with Crippen molar-refractivity contribution in [2.45, 2.75) is 0 Å². The number of aromatic amines is 1. The predicted octanol–water partition coefficient (Wildman–Crippen LogP) is 2.37. The number of nitrogens with zero attached hydrogens (tertiary/aromatic N) is 1. The molecular formula is C16H15N3O4. The highest BCUT2D eigenvalue weighted by Gasteiger charge is 2.11. The molecule has 0 bridgehead atoms. The minimum absolute atomic E-state index is 0.332. The second kappa shape index (κ2) is 5.98. The number of methoxy groups -OCH3 is 2. The van der Waals surface area contributed by atoms with Gasteiger partial charge in [-0.1, -0.05) is 0 Å². The average molecular weight is 313 g/mol. The lowest BCUT2D eigenvalue weighted by atomic mass is 10.2. The fourth-order valence-electron chi connectivity index (χ4n) is 2.30. The van der Waals surface area contributed by atoms with Crippen LogP contribution in [0.15, 0.2) is 36.4 Å². The molecule has 1 aromatic heterocycles. The number of fused-ring (bicyclic) bond motifs is 1. The van der Waals surface area contributed by atoms with E-state index < -0.39 is 5.91 Å². The largest absolute Gasteiger partial charge is 0.497 e. The summed E-state index contributed by atoms with van der Waals surface area (Å²) in [6.45, 7) is 0. The molecule has 0 spiro atoms. The van der Waals surface area contributed by atoms with Gasteiger partial charge in [0.2, 0.25) is 0 Å². The minimum atomic E-state index is -0.578. The SMILES string of the molecule is COc1cc(OC)cc(-c2nc3ccc(C(=O)NO)cc3[nH]2)c1. The molecule has 3 N–H and O–H groups in total. The van der Waals surface area contributed by atoms with E-state index >= 15 is 0 Å². The number of aromatic nitrogens is 2. The van der Waals surface area contributed by atoms with Gasteiger partial charge < -0.3 is 14.5 Å². The number of hydrogen-bond acceptors (Lipinski definition) is 5. The van der Waals surface area contributed by atoms with Crippen LogP contribution in [0.25, 0.3) is 22.4 Å². The van der Waals surface area contributed by atoms with Crippen molar-refractivity contribution in [2.75, 3.05) is 14.2 Å². The summed E-state index contributed by atoms with van der Waals surface area (Å²) in [4.78, 5) is 19.1. The zero-order valence-electron chi connectivity index (χ0n) is 12.6. The molecule has 1 heterocycles. The van der Waals surface area contributed by atoms with Gasteiger partial charge in [0.05, 0.1) is 25.3 Å². The number of carbonyl (C=O) groups excluding carboxylic acids is 1. The van der Waals surface area contributed by atoms with E-state index in [1.807, 2.05) is 12.1 Å². The van der Waals surface area contributed by atoms with Crippen molar-refractivity contribution in [3.8, 4) is 22.9 Å². The second-order valence-electron chi connectivity index (χ2n) is 4.86. The molecule has 0 radical (unpaired) electrons. The maximum absolute atomic E-state index is 11.5. The number of benzene rings is 2. The number of amides is 1. The third kappa shape index (κ3) is 2.82. The monoisotopic (exact) mass is 313 g/mol. The van der Waals surface area contributed by atoms with Crippen LogP contribution in [-0.2, 0) is 0 Å². The van der Waals surface area contributed by atoms with Crippen molar-refractivity contribution >= 4 is 16.9 Å². The third-order valence-corrected chi connectivity index (χ3v) is 3.47. The Morgan fingerprint density at radius 2 is 1.83 bits per heavy atom. The van der Waals surface area contributed by atoms with Gasteiger partial charge in [0, 0.05) is 17.2 Å². The highest BCUT2D eigenvalue weighted by atomic mass is 16.5. The van der Waals surface area contributed by atoms with Gasteiger partial charge >= 0.3 is 0 Å². The molecule has 3 rings (SSSR count). The van der Waals surface area contributed by atoms with Crippen molar-refractivity contribution < 1.29 is 19.5 Å². The number of hydrogen-bond donors (Lipinski definition) is 3. The molecule has 0 aliphatic heterocycles. The van der Waals surface area contributed by atoms with Crippen LogP contribution in [-0.4, -0.2) is 35.3 Å². The van der Waals surface area contributed by atoms with Gasteiger partial charge in [0.1, 0.15) is 17.3 Å². The summed E-state index contributed by atoms with van der Waals surface area (Å²) in [6.07, 6.45) is 0. The Labute approximate surface area is 131 Å². The normalized spacial score (nSPS) is 10.6. The Morgan fingerprint density at radius 1 is 1.13 bits per heavy atom. The van der Waals surface area contributed by atoms with E-state index in [2.05, 4.69) is 9.97 Å². The van der Waals surface area contributed by atoms with Crippen molar-refractivity contribution in [3.05, 3.63) is 42.0 Å². The van der Waals surface area contributed by atoms with Gasteiger partial charge in [0.15, 0.2) is 0 Å². The fourth-order valence-corrected chi connectivity index (χ4v) is 2.30. The molecule has 0 aliphatic rings. The molecule has 7 heteroatoms. The second-order valence-corrected chi connectivity index (χ2v) is 4.86. The summed E-state index contributed by atoms with van der Waals surface area (Å²) in [5.74, 6) is 1.35. The van der Waals surface area contributed by atoms with Crippen LogP contribution >= 0.6 is 0 Å². The van der Waals surface area contributed by atoms with Crippen LogP contribution in [0.5, 0.6) is 11.5 Å². The van der Waals surface area contributed by atoms with E-state index in [0.717, 1.165) is 5.56 Å². The van der Waals surface area contributed by atoms with Crippen molar-refractivity contribution in [1.82, 2.24) is 15.4 Å². The lowest BCUT2D eigenvalue weighted by Gasteiger charge is -2.06. The molecule has 0 atom stereocenters. The van der Waals surface area contributed by atoms with Crippen molar-refractivity contribution in [2.24, 2.45) is 0 Å². The Balaban J connectivity index is 2.08. The first kappa shape index (κ1) is 14.9. The van der Waals surface area contributed by atoms with Crippen LogP contribution in [0.1, 0.15) is 10.4 Å². The highest BCUT2D eigenvalue weighted by molar-refractivity contribution is 5.97. The number of H-pyrrole nitrogens is 1. The first-order chi connectivity index (χ1) is 11.1. The number of hydroxylamine groups is 1. The summed E-state index contributed by atoms with van der Waals surface area (Å²) in [6, 6.07) is 10.4. The van der Waals surface area contributed by atoms with Gasteiger partial charge in [-0.3, -0.25) is 10.0 Å². The zero-order valence-corrected chi connectivity index (χ0v) is 12.6. The fraction of sp³-hybridized carbons (Fsp3) is 0.125. The van der Waals surface area contributed by atoms with E-state index in [1.54, 1.807) is 44.0 Å². The summed E-state index contributed by atoms with van der Waals surface area (Å²) >= 11 is 0. The summed E-state index contributed by atoms with van der Waals surface area (Å²) in [7, 11) is 3.16. The van der Waals surface area contributed by atoms with Gasteiger partial charge in [-0.15, -0.1) is 0 Å². The number of nitrogens with one attached hydrogen (secondary N) is 2. The summed E-state index contributed by atoms with van der Waals surface area (Å²) in [5, 5.41) is 8.71. The van der Waals surface area contributed by atoms with Crippen LogP contribution < -0.4 is 15.0 Å². The summed E-state index contributed by atoms with van der Waals surface area (Å²) in [5.41, 5.74) is 4.13. The molecule has 2 aromatic carbocycles. The van der Waals surface area contributed by atoms with Crippen LogP contribution in [0, 0.1) is 0 Å². The maximum atomic E-state index is 11.5. The average Bonchev–Trinajstić information content (AvgIpc) is 3.03. The molecule has 0 aliphatic carbocycles. The van der Waals surface area contributed by atoms with Crippen molar-refractivity contribution in [1.29, 1.82) is 0 Å². The molecule has 0 fully saturated rings. The molecule has 3 aromatic rings. The quantitative estimate of drug-likeness (QED) is 0.507. The topological polar surface area (TPSA) is 96.5 Å². The molecule has 0 unspecified atom stereocenters. The Morgan fingerprint density at radius 3 is 2.43 bits per heavy atom. The first-order valence-electron chi connectivity index (χ1n) is 6.82. The van der Waals surface area contributed by atoms with Gasteiger partial charge in [0.25, 0.3) is 5.91 Å². The first-order valence-corrected chi connectivity index (χ1v) is 6.82. The number of imidazole rings is 1. The third-order valence-electron chi connectivity index (χ3n) is 3.47. The number of ether oxygens (including phenoxy) is 2. The molecule has 0 saturated heterocycles. The molecule has 7 nitrogen and oxygen atoms in total.